The van der Waals surface area contributed by atoms with Crippen LogP contribution < -0.4 is 9.62 Å². The molecule has 8 heteroatoms. The fourth-order valence-electron chi connectivity index (χ4n) is 3.16. The second-order valence-corrected chi connectivity index (χ2v) is 9.14. The van der Waals surface area contributed by atoms with Crippen molar-refractivity contribution in [1.82, 2.24) is 4.72 Å². The fraction of sp³-hybridized carbons (Fsp3) is 0.316. The van der Waals surface area contributed by atoms with E-state index in [2.05, 4.69) is 20.7 Å². The molecule has 27 heavy (non-hydrogen) atoms. The molecule has 1 aliphatic rings. The maximum absolute atomic E-state index is 13.9. The largest absolute Gasteiger partial charge is 0.312 e. The number of hydrogen-bond acceptors (Lipinski definition) is 3. The van der Waals surface area contributed by atoms with Gasteiger partial charge in [0.15, 0.2) is 0 Å². The minimum absolute atomic E-state index is 0.106. The van der Waals surface area contributed by atoms with Gasteiger partial charge in [0.25, 0.3) is 0 Å². The van der Waals surface area contributed by atoms with Gasteiger partial charge in [-0.15, -0.1) is 0 Å². The van der Waals surface area contributed by atoms with Gasteiger partial charge in [-0.05, 0) is 42.7 Å². The van der Waals surface area contributed by atoms with Gasteiger partial charge >= 0.3 is 0 Å². The van der Waals surface area contributed by atoms with E-state index in [1.807, 2.05) is 25.1 Å². The number of fused-ring (bicyclic) bond motifs is 1. The van der Waals surface area contributed by atoms with Crippen LogP contribution in [0.5, 0.6) is 0 Å². The van der Waals surface area contributed by atoms with Crippen LogP contribution in [0.2, 0.25) is 0 Å². The minimum atomic E-state index is -3.68. The van der Waals surface area contributed by atoms with Crippen molar-refractivity contribution in [2.45, 2.75) is 32.1 Å². The lowest BCUT2D eigenvalue weighted by molar-refractivity contribution is -0.118. The molecule has 144 valence electrons. The summed E-state index contributed by atoms with van der Waals surface area (Å²) in [5, 5.41) is 0. The highest BCUT2D eigenvalue weighted by Crippen LogP contribution is 2.28. The summed E-state index contributed by atoms with van der Waals surface area (Å²) in [6.45, 7) is 2.65. The molecule has 1 N–H and O–H groups in total. The van der Waals surface area contributed by atoms with E-state index in [0.717, 1.165) is 16.8 Å². The topological polar surface area (TPSA) is 66.5 Å². The summed E-state index contributed by atoms with van der Waals surface area (Å²) in [5.41, 5.74) is 2.84. The highest BCUT2D eigenvalue weighted by molar-refractivity contribution is 9.10. The number of aryl methyl sites for hydroxylation is 1. The Kier molecular flexibility index (Phi) is 5.98. The Balaban J connectivity index is 1.70. The molecule has 0 unspecified atom stereocenters. The minimum Gasteiger partial charge on any atom is -0.312 e. The molecule has 0 bridgehead atoms. The molecule has 0 aliphatic carbocycles. The standard InChI is InChI=1S/C19H20BrFN2O3S/c1-2-23-18-7-3-13(9-14(18)5-8-19(23)24)11-22-27(25,26)12-15-4-6-16(20)10-17(15)21/h3-4,6-7,9-10,22H,2,5,8,11-12H2,1H3. The van der Waals surface area contributed by atoms with Crippen molar-refractivity contribution in [2.24, 2.45) is 0 Å². The first-order valence-electron chi connectivity index (χ1n) is 8.62. The number of anilines is 1. The van der Waals surface area contributed by atoms with E-state index in [4.69, 9.17) is 0 Å². The van der Waals surface area contributed by atoms with Crippen molar-refractivity contribution in [1.29, 1.82) is 0 Å². The molecule has 0 saturated carbocycles. The number of nitrogens with one attached hydrogen (secondary N) is 1. The van der Waals surface area contributed by atoms with Gasteiger partial charge in [0, 0.05) is 35.2 Å². The van der Waals surface area contributed by atoms with Gasteiger partial charge in [-0.3, -0.25) is 4.79 Å². The summed E-state index contributed by atoms with van der Waals surface area (Å²) in [5.74, 6) is -0.877. The van der Waals surface area contributed by atoms with E-state index in [9.17, 15) is 17.6 Å². The number of carbonyl (C=O) groups is 1. The molecule has 0 fully saturated rings. The van der Waals surface area contributed by atoms with Crippen LogP contribution in [0.25, 0.3) is 0 Å². The summed E-state index contributed by atoms with van der Waals surface area (Å²) in [6.07, 6.45) is 1.11. The molecule has 1 amide bonds. The van der Waals surface area contributed by atoms with Gasteiger partial charge in [0.1, 0.15) is 5.82 Å². The predicted octanol–water partition coefficient (Wildman–Crippen LogP) is 3.51. The molecule has 2 aromatic rings. The average molecular weight is 455 g/mol. The second-order valence-electron chi connectivity index (χ2n) is 6.42. The van der Waals surface area contributed by atoms with Crippen LogP contribution in [0.3, 0.4) is 0 Å². The SMILES string of the molecule is CCN1C(=O)CCc2cc(CNS(=O)(=O)Cc3ccc(Br)cc3F)ccc21. The average Bonchev–Trinajstić information content (AvgIpc) is 2.62. The Labute approximate surface area is 166 Å². The van der Waals surface area contributed by atoms with Crippen LogP contribution in [0.15, 0.2) is 40.9 Å². The first-order valence-corrected chi connectivity index (χ1v) is 11.1. The molecule has 0 spiro atoms. The van der Waals surface area contributed by atoms with Gasteiger partial charge in [-0.2, -0.15) is 0 Å². The lowest BCUT2D eigenvalue weighted by Crippen LogP contribution is -2.34. The van der Waals surface area contributed by atoms with Crippen molar-refractivity contribution >= 4 is 37.5 Å². The van der Waals surface area contributed by atoms with E-state index in [-0.39, 0.29) is 18.0 Å². The van der Waals surface area contributed by atoms with Crippen LogP contribution in [-0.2, 0) is 33.5 Å². The van der Waals surface area contributed by atoms with Crippen molar-refractivity contribution < 1.29 is 17.6 Å². The molecule has 5 nitrogen and oxygen atoms in total. The quantitative estimate of drug-likeness (QED) is 0.725. The highest BCUT2D eigenvalue weighted by atomic mass is 79.9. The normalized spacial score (nSPS) is 14.3. The molecule has 1 aliphatic heterocycles. The van der Waals surface area contributed by atoms with Crippen LogP contribution in [0.4, 0.5) is 10.1 Å². The maximum Gasteiger partial charge on any atom is 0.227 e. The van der Waals surface area contributed by atoms with E-state index in [1.54, 1.807) is 11.0 Å². The Morgan fingerprint density at radius 3 is 2.67 bits per heavy atom. The zero-order chi connectivity index (χ0) is 19.6. The monoisotopic (exact) mass is 454 g/mol. The molecule has 0 radical (unpaired) electrons. The fourth-order valence-corrected chi connectivity index (χ4v) is 4.62. The lowest BCUT2D eigenvalue weighted by atomic mass is 9.99. The van der Waals surface area contributed by atoms with Gasteiger partial charge < -0.3 is 4.90 Å². The first-order chi connectivity index (χ1) is 12.8. The zero-order valence-electron chi connectivity index (χ0n) is 14.8. The Bertz CT molecular complexity index is 979. The van der Waals surface area contributed by atoms with Crippen LogP contribution in [0, 0.1) is 5.82 Å². The number of amides is 1. The van der Waals surface area contributed by atoms with E-state index in [0.29, 0.717) is 23.9 Å². The Morgan fingerprint density at radius 1 is 1.19 bits per heavy atom. The summed E-state index contributed by atoms with van der Waals surface area (Å²) in [7, 11) is -3.68. The van der Waals surface area contributed by atoms with Crippen molar-refractivity contribution in [3.8, 4) is 0 Å². The molecule has 0 atom stereocenters. The van der Waals surface area contributed by atoms with Crippen molar-refractivity contribution in [2.75, 3.05) is 11.4 Å². The van der Waals surface area contributed by atoms with Gasteiger partial charge in [0.05, 0.1) is 5.75 Å². The number of nitrogens with zero attached hydrogens (tertiary/aromatic N) is 1. The Morgan fingerprint density at radius 2 is 1.96 bits per heavy atom. The molecule has 3 rings (SSSR count). The van der Waals surface area contributed by atoms with Crippen molar-refractivity contribution in [3.63, 3.8) is 0 Å². The number of benzene rings is 2. The Hall–Kier alpha value is -1.77. The maximum atomic E-state index is 13.9. The lowest BCUT2D eigenvalue weighted by Gasteiger charge is -2.28. The summed E-state index contributed by atoms with van der Waals surface area (Å²) >= 11 is 3.15. The van der Waals surface area contributed by atoms with E-state index >= 15 is 0 Å². The van der Waals surface area contributed by atoms with Crippen molar-refractivity contribution in [3.05, 3.63) is 63.4 Å². The molecule has 1 heterocycles. The summed E-state index contributed by atoms with van der Waals surface area (Å²) in [4.78, 5) is 13.7. The third kappa shape index (κ3) is 4.75. The molecule has 0 aromatic heterocycles. The number of sulfonamides is 1. The molecule has 2 aromatic carbocycles. The molecular formula is C19H20BrFN2O3S. The predicted molar refractivity (Wildman–Crippen MR) is 106 cm³/mol. The van der Waals surface area contributed by atoms with E-state index < -0.39 is 21.6 Å². The first kappa shape index (κ1) is 20.0. The molecular weight excluding hydrogens is 435 g/mol. The third-order valence-electron chi connectivity index (χ3n) is 4.52. The summed E-state index contributed by atoms with van der Waals surface area (Å²) < 4.78 is 41.6. The number of rotatable bonds is 6. The number of hydrogen-bond donors (Lipinski definition) is 1. The summed E-state index contributed by atoms with van der Waals surface area (Å²) in [6, 6.07) is 9.89. The van der Waals surface area contributed by atoms with Crippen LogP contribution >= 0.6 is 15.9 Å². The van der Waals surface area contributed by atoms with E-state index in [1.165, 1.54) is 12.1 Å². The van der Waals surface area contributed by atoms with Crippen LogP contribution in [-0.4, -0.2) is 20.9 Å². The smallest absolute Gasteiger partial charge is 0.227 e. The highest BCUT2D eigenvalue weighted by Gasteiger charge is 2.23. The third-order valence-corrected chi connectivity index (χ3v) is 6.29. The zero-order valence-corrected chi connectivity index (χ0v) is 17.2. The number of halogens is 2. The molecule has 0 saturated heterocycles. The van der Waals surface area contributed by atoms with Crippen LogP contribution in [0.1, 0.15) is 30.0 Å². The second kappa shape index (κ2) is 8.08. The van der Waals surface area contributed by atoms with Gasteiger partial charge in [0.2, 0.25) is 15.9 Å². The number of carbonyl (C=O) groups excluding carboxylic acids is 1. The van der Waals surface area contributed by atoms with Gasteiger partial charge in [-0.25, -0.2) is 17.5 Å². The van der Waals surface area contributed by atoms with Gasteiger partial charge in [-0.1, -0.05) is 34.1 Å².